The van der Waals surface area contributed by atoms with Gasteiger partial charge in [-0.15, -0.1) is 0 Å². The number of nitrogens with one attached hydrogen (secondary N) is 1. The van der Waals surface area contributed by atoms with Crippen molar-refractivity contribution in [3.05, 3.63) is 89.0 Å². The van der Waals surface area contributed by atoms with E-state index in [-0.39, 0.29) is 10.7 Å². The zero-order chi connectivity index (χ0) is 18.9. The number of benzene rings is 3. The number of sulfonamides is 1. The first kappa shape index (κ1) is 17.8. The van der Waals surface area contributed by atoms with Crippen LogP contribution in [-0.2, 0) is 16.6 Å². The van der Waals surface area contributed by atoms with E-state index in [4.69, 9.17) is 0 Å². The summed E-state index contributed by atoms with van der Waals surface area (Å²) in [5.41, 5.74) is 1.12. The maximum absolute atomic E-state index is 12.5. The van der Waals surface area contributed by atoms with E-state index < -0.39 is 10.0 Å². The minimum absolute atomic E-state index is 0.189. The summed E-state index contributed by atoms with van der Waals surface area (Å²) in [6.45, 7) is 0.557. The molecule has 0 amide bonds. The summed E-state index contributed by atoms with van der Waals surface area (Å²) < 4.78 is 30.0. The van der Waals surface area contributed by atoms with Gasteiger partial charge in [0.25, 0.3) is 10.0 Å². The average molecular weight is 442 g/mol. The van der Waals surface area contributed by atoms with Gasteiger partial charge in [0.1, 0.15) is 0 Å². The van der Waals surface area contributed by atoms with Crippen LogP contribution in [0, 0.1) is 0 Å². The first-order chi connectivity index (χ1) is 13.0. The monoisotopic (exact) mass is 441 g/mol. The molecule has 4 aromatic rings. The summed E-state index contributed by atoms with van der Waals surface area (Å²) in [6, 6.07) is 22.4. The molecule has 0 aliphatic carbocycles. The van der Waals surface area contributed by atoms with Crippen LogP contribution in [-0.4, -0.2) is 18.2 Å². The minimum atomic E-state index is -3.67. The van der Waals surface area contributed by atoms with Crippen molar-refractivity contribution in [1.82, 2.24) is 9.78 Å². The van der Waals surface area contributed by atoms with Crippen molar-refractivity contribution >= 4 is 42.5 Å². The zero-order valence-corrected chi connectivity index (χ0v) is 16.6. The standard InChI is InChI=1S/C20H16BrN3O2S/c21-17-8-10-18(11-9-17)27(25,26)23-20-12-13-24(22-20)14-16-6-3-5-15-4-1-2-7-19(15)16/h1-13H,14H2,(H,22,23). The maximum atomic E-state index is 12.5. The van der Waals surface area contributed by atoms with E-state index in [0.717, 1.165) is 15.4 Å². The number of rotatable bonds is 5. The molecular weight excluding hydrogens is 426 g/mol. The Balaban J connectivity index is 1.56. The first-order valence-corrected chi connectivity index (χ1v) is 10.6. The van der Waals surface area contributed by atoms with Crippen LogP contribution in [0.3, 0.4) is 0 Å². The van der Waals surface area contributed by atoms with Crippen LogP contribution in [0.1, 0.15) is 5.56 Å². The fourth-order valence-electron chi connectivity index (χ4n) is 2.92. The van der Waals surface area contributed by atoms with Crippen LogP contribution >= 0.6 is 15.9 Å². The van der Waals surface area contributed by atoms with Crippen molar-refractivity contribution in [2.75, 3.05) is 4.72 Å². The van der Waals surface area contributed by atoms with Gasteiger partial charge in [0.05, 0.1) is 11.4 Å². The van der Waals surface area contributed by atoms with Crippen molar-refractivity contribution in [1.29, 1.82) is 0 Å². The van der Waals surface area contributed by atoms with E-state index in [0.29, 0.717) is 6.54 Å². The van der Waals surface area contributed by atoms with E-state index >= 15 is 0 Å². The second kappa shape index (κ2) is 7.17. The minimum Gasteiger partial charge on any atom is -0.266 e. The van der Waals surface area contributed by atoms with Gasteiger partial charge in [0, 0.05) is 16.7 Å². The molecule has 1 N–H and O–H groups in total. The van der Waals surface area contributed by atoms with Crippen LogP contribution in [0.25, 0.3) is 10.8 Å². The molecule has 0 spiro atoms. The molecule has 27 heavy (non-hydrogen) atoms. The van der Waals surface area contributed by atoms with Crippen molar-refractivity contribution in [3.8, 4) is 0 Å². The van der Waals surface area contributed by atoms with Crippen molar-refractivity contribution in [2.24, 2.45) is 0 Å². The van der Waals surface area contributed by atoms with E-state index in [1.54, 1.807) is 41.2 Å². The van der Waals surface area contributed by atoms with Gasteiger partial charge in [-0.3, -0.25) is 9.40 Å². The molecule has 0 aliphatic heterocycles. The quantitative estimate of drug-likeness (QED) is 0.490. The molecule has 1 heterocycles. The van der Waals surface area contributed by atoms with Crippen molar-refractivity contribution in [3.63, 3.8) is 0 Å². The number of nitrogens with zero attached hydrogens (tertiary/aromatic N) is 2. The molecule has 0 aliphatic rings. The number of aromatic nitrogens is 2. The third-order valence-electron chi connectivity index (χ3n) is 4.22. The Bertz CT molecular complexity index is 1200. The molecule has 0 radical (unpaired) electrons. The Morgan fingerprint density at radius 3 is 2.48 bits per heavy atom. The molecule has 0 fully saturated rings. The molecule has 0 bridgehead atoms. The molecule has 0 saturated carbocycles. The van der Waals surface area contributed by atoms with Crippen molar-refractivity contribution < 1.29 is 8.42 Å². The lowest BCUT2D eigenvalue weighted by Gasteiger charge is -2.07. The highest BCUT2D eigenvalue weighted by molar-refractivity contribution is 9.10. The number of hydrogen-bond acceptors (Lipinski definition) is 3. The van der Waals surface area contributed by atoms with Crippen LogP contribution in [0.15, 0.2) is 88.4 Å². The third-order valence-corrected chi connectivity index (χ3v) is 6.12. The van der Waals surface area contributed by atoms with Crippen LogP contribution < -0.4 is 4.72 Å². The van der Waals surface area contributed by atoms with Crippen LogP contribution in [0.2, 0.25) is 0 Å². The Morgan fingerprint density at radius 1 is 0.926 bits per heavy atom. The normalized spacial score (nSPS) is 11.6. The number of fused-ring (bicyclic) bond motifs is 1. The van der Waals surface area contributed by atoms with Crippen LogP contribution in [0.4, 0.5) is 5.82 Å². The molecule has 4 rings (SSSR count). The molecule has 136 valence electrons. The van der Waals surface area contributed by atoms with E-state index in [1.165, 1.54) is 5.39 Å². The lowest BCUT2D eigenvalue weighted by atomic mass is 10.0. The Hall–Kier alpha value is -2.64. The molecule has 1 aromatic heterocycles. The van der Waals surface area contributed by atoms with Gasteiger partial charge in [-0.1, -0.05) is 58.4 Å². The Kier molecular flexibility index (Phi) is 4.72. The predicted molar refractivity (Wildman–Crippen MR) is 110 cm³/mol. The summed E-state index contributed by atoms with van der Waals surface area (Å²) in [6.07, 6.45) is 1.77. The average Bonchev–Trinajstić information content (AvgIpc) is 3.08. The van der Waals surface area contributed by atoms with E-state index in [9.17, 15) is 8.42 Å². The smallest absolute Gasteiger partial charge is 0.263 e. The highest BCUT2D eigenvalue weighted by Gasteiger charge is 2.15. The fraction of sp³-hybridized carbons (Fsp3) is 0.0500. The molecule has 0 saturated heterocycles. The maximum Gasteiger partial charge on any atom is 0.263 e. The lowest BCUT2D eigenvalue weighted by molar-refractivity contribution is 0.600. The second-order valence-corrected chi connectivity index (χ2v) is 8.69. The van der Waals surface area contributed by atoms with Gasteiger partial charge in [0.15, 0.2) is 5.82 Å². The summed E-state index contributed by atoms with van der Waals surface area (Å²) in [5.74, 6) is 0.290. The lowest BCUT2D eigenvalue weighted by Crippen LogP contribution is -2.13. The van der Waals surface area contributed by atoms with Crippen LogP contribution in [0.5, 0.6) is 0 Å². The molecular formula is C20H16BrN3O2S. The Morgan fingerprint density at radius 2 is 1.67 bits per heavy atom. The summed E-state index contributed by atoms with van der Waals surface area (Å²) in [4.78, 5) is 0.189. The van der Waals surface area contributed by atoms with Gasteiger partial charge in [-0.2, -0.15) is 5.10 Å². The van der Waals surface area contributed by atoms with Gasteiger partial charge in [-0.05, 0) is 40.6 Å². The highest BCUT2D eigenvalue weighted by atomic mass is 79.9. The molecule has 3 aromatic carbocycles. The largest absolute Gasteiger partial charge is 0.266 e. The van der Waals surface area contributed by atoms with Crippen molar-refractivity contribution in [2.45, 2.75) is 11.4 Å². The highest BCUT2D eigenvalue weighted by Crippen LogP contribution is 2.21. The SMILES string of the molecule is O=S(=O)(Nc1ccn(Cc2cccc3ccccc23)n1)c1ccc(Br)cc1. The van der Waals surface area contributed by atoms with Gasteiger partial charge in [-0.25, -0.2) is 8.42 Å². The number of hydrogen-bond donors (Lipinski definition) is 1. The fourth-order valence-corrected chi connectivity index (χ4v) is 4.18. The zero-order valence-electron chi connectivity index (χ0n) is 14.2. The molecule has 0 atom stereocenters. The Labute approximate surface area is 165 Å². The van der Waals surface area contributed by atoms with Gasteiger partial charge in [0.2, 0.25) is 0 Å². The molecule has 0 unspecified atom stereocenters. The number of anilines is 1. The van der Waals surface area contributed by atoms with Gasteiger partial charge >= 0.3 is 0 Å². The number of halogens is 1. The topological polar surface area (TPSA) is 64.0 Å². The molecule has 7 heteroatoms. The molecule has 5 nitrogen and oxygen atoms in total. The summed E-state index contributed by atoms with van der Waals surface area (Å²) >= 11 is 3.30. The van der Waals surface area contributed by atoms with E-state index in [2.05, 4.69) is 50.0 Å². The second-order valence-electron chi connectivity index (χ2n) is 6.10. The first-order valence-electron chi connectivity index (χ1n) is 8.30. The summed E-state index contributed by atoms with van der Waals surface area (Å²) in [7, 11) is -3.67. The third kappa shape index (κ3) is 3.89. The van der Waals surface area contributed by atoms with E-state index in [1.807, 2.05) is 18.2 Å². The summed E-state index contributed by atoms with van der Waals surface area (Å²) in [5, 5.41) is 6.68. The predicted octanol–water partition coefficient (Wildman–Crippen LogP) is 4.65. The van der Waals surface area contributed by atoms with Gasteiger partial charge < -0.3 is 0 Å².